The van der Waals surface area contributed by atoms with Gasteiger partial charge in [-0.2, -0.15) is 0 Å². The van der Waals surface area contributed by atoms with Gasteiger partial charge in [-0.05, 0) is 25.3 Å². The lowest BCUT2D eigenvalue weighted by Crippen LogP contribution is -2.26. The Balaban J connectivity index is 2.49. The number of carbonyl (C=O) groups excluding carboxylic acids is 1. The highest BCUT2D eigenvalue weighted by molar-refractivity contribution is 5.74. The molecule has 0 heterocycles. The van der Waals surface area contributed by atoms with Gasteiger partial charge in [0.25, 0.3) is 0 Å². The highest BCUT2D eigenvalue weighted by Gasteiger charge is 2.19. The molecule has 0 spiro atoms. The van der Waals surface area contributed by atoms with Crippen molar-refractivity contribution >= 4 is 5.97 Å². The predicted molar refractivity (Wildman–Crippen MR) is 71.1 cm³/mol. The van der Waals surface area contributed by atoms with Crippen molar-refractivity contribution < 1.29 is 14.3 Å². The SMILES string of the molecule is C=CCCC(OCc1ccccc1)C(=O)OCC. The molecular formula is C15H20O3. The maximum atomic E-state index is 11.7. The van der Waals surface area contributed by atoms with Crippen LogP contribution in [0.5, 0.6) is 0 Å². The summed E-state index contributed by atoms with van der Waals surface area (Å²) >= 11 is 0. The molecule has 1 rings (SSSR count). The molecule has 1 aromatic carbocycles. The molecule has 0 saturated carbocycles. The molecule has 3 nitrogen and oxygen atoms in total. The monoisotopic (exact) mass is 248 g/mol. The Kier molecular flexibility index (Phi) is 6.81. The summed E-state index contributed by atoms with van der Waals surface area (Å²) in [5.74, 6) is -0.296. The number of allylic oxidation sites excluding steroid dienone is 1. The van der Waals surface area contributed by atoms with E-state index in [4.69, 9.17) is 9.47 Å². The molecule has 0 aliphatic carbocycles. The van der Waals surface area contributed by atoms with Crippen LogP contribution < -0.4 is 0 Å². The molecule has 0 aliphatic heterocycles. The second kappa shape index (κ2) is 8.48. The van der Waals surface area contributed by atoms with Crippen LogP contribution >= 0.6 is 0 Å². The van der Waals surface area contributed by atoms with Crippen molar-refractivity contribution in [2.75, 3.05) is 6.61 Å². The Bertz CT molecular complexity index is 359. The number of esters is 1. The topological polar surface area (TPSA) is 35.5 Å². The molecule has 0 aromatic heterocycles. The van der Waals surface area contributed by atoms with Gasteiger partial charge in [-0.15, -0.1) is 6.58 Å². The predicted octanol–water partition coefficient (Wildman–Crippen LogP) is 3.10. The molecule has 98 valence electrons. The molecule has 3 heteroatoms. The third-order valence-corrected chi connectivity index (χ3v) is 2.48. The molecule has 0 amide bonds. The number of ether oxygens (including phenoxy) is 2. The highest BCUT2D eigenvalue weighted by Crippen LogP contribution is 2.10. The van der Waals surface area contributed by atoms with Gasteiger partial charge in [0.1, 0.15) is 0 Å². The zero-order chi connectivity index (χ0) is 13.2. The van der Waals surface area contributed by atoms with Crippen LogP contribution in [0, 0.1) is 0 Å². The van der Waals surface area contributed by atoms with Crippen LogP contribution in [0.1, 0.15) is 25.3 Å². The fourth-order valence-electron chi connectivity index (χ4n) is 1.54. The van der Waals surface area contributed by atoms with Gasteiger partial charge in [0.05, 0.1) is 13.2 Å². The van der Waals surface area contributed by atoms with E-state index in [1.807, 2.05) is 30.3 Å². The first-order valence-corrected chi connectivity index (χ1v) is 6.21. The van der Waals surface area contributed by atoms with Crippen molar-refractivity contribution in [3.8, 4) is 0 Å². The maximum Gasteiger partial charge on any atom is 0.335 e. The highest BCUT2D eigenvalue weighted by atomic mass is 16.6. The third kappa shape index (κ3) is 5.15. The number of hydrogen-bond acceptors (Lipinski definition) is 3. The average molecular weight is 248 g/mol. The van der Waals surface area contributed by atoms with Crippen LogP contribution in [0.2, 0.25) is 0 Å². The Morgan fingerprint density at radius 2 is 2.11 bits per heavy atom. The van der Waals surface area contributed by atoms with E-state index >= 15 is 0 Å². The van der Waals surface area contributed by atoms with Crippen LogP contribution in [-0.2, 0) is 20.9 Å². The number of benzene rings is 1. The second-order valence-corrected chi connectivity index (χ2v) is 3.90. The van der Waals surface area contributed by atoms with E-state index < -0.39 is 6.10 Å². The van der Waals surface area contributed by atoms with E-state index in [9.17, 15) is 4.79 Å². The molecule has 1 unspecified atom stereocenters. The average Bonchev–Trinajstić information content (AvgIpc) is 2.40. The van der Waals surface area contributed by atoms with Crippen LogP contribution in [0.25, 0.3) is 0 Å². The molecule has 0 aliphatic rings. The van der Waals surface area contributed by atoms with E-state index in [0.29, 0.717) is 19.6 Å². The minimum absolute atomic E-state index is 0.296. The summed E-state index contributed by atoms with van der Waals surface area (Å²) in [4.78, 5) is 11.7. The van der Waals surface area contributed by atoms with Gasteiger partial charge < -0.3 is 9.47 Å². The molecule has 1 atom stereocenters. The molecule has 18 heavy (non-hydrogen) atoms. The summed E-state index contributed by atoms with van der Waals surface area (Å²) in [7, 11) is 0. The van der Waals surface area contributed by atoms with E-state index in [0.717, 1.165) is 12.0 Å². The summed E-state index contributed by atoms with van der Waals surface area (Å²) in [6, 6.07) is 9.78. The molecule has 0 radical (unpaired) electrons. The quantitative estimate of drug-likeness (QED) is 0.524. The Morgan fingerprint density at radius 3 is 2.72 bits per heavy atom. The molecular weight excluding hydrogens is 228 g/mol. The summed E-state index contributed by atoms with van der Waals surface area (Å²) in [6.07, 6.45) is 2.61. The van der Waals surface area contributed by atoms with Gasteiger partial charge in [-0.25, -0.2) is 4.79 Å². The number of hydrogen-bond donors (Lipinski definition) is 0. The minimum atomic E-state index is -0.511. The van der Waals surface area contributed by atoms with Gasteiger partial charge in [-0.3, -0.25) is 0 Å². The first-order chi connectivity index (χ1) is 8.77. The Hall–Kier alpha value is -1.61. The van der Waals surface area contributed by atoms with E-state index in [2.05, 4.69) is 6.58 Å². The van der Waals surface area contributed by atoms with Crippen molar-refractivity contribution in [2.24, 2.45) is 0 Å². The van der Waals surface area contributed by atoms with Crippen LogP contribution in [0.3, 0.4) is 0 Å². The summed E-state index contributed by atoms with van der Waals surface area (Å²) in [5, 5.41) is 0. The van der Waals surface area contributed by atoms with Crippen LogP contribution in [0.15, 0.2) is 43.0 Å². The van der Waals surface area contributed by atoms with Crippen molar-refractivity contribution in [3.63, 3.8) is 0 Å². The second-order valence-electron chi connectivity index (χ2n) is 3.90. The lowest BCUT2D eigenvalue weighted by molar-refractivity contribution is -0.158. The molecule has 0 fully saturated rings. The summed E-state index contributed by atoms with van der Waals surface area (Å²) < 4.78 is 10.6. The zero-order valence-electron chi connectivity index (χ0n) is 10.8. The van der Waals surface area contributed by atoms with Gasteiger partial charge in [0.15, 0.2) is 6.10 Å². The van der Waals surface area contributed by atoms with Crippen LogP contribution in [0.4, 0.5) is 0 Å². The van der Waals surface area contributed by atoms with E-state index in [1.165, 1.54) is 0 Å². The van der Waals surface area contributed by atoms with Gasteiger partial charge >= 0.3 is 5.97 Å². The van der Waals surface area contributed by atoms with Crippen LogP contribution in [-0.4, -0.2) is 18.7 Å². The maximum absolute atomic E-state index is 11.7. The van der Waals surface area contributed by atoms with Gasteiger partial charge in [0.2, 0.25) is 0 Å². The van der Waals surface area contributed by atoms with Crippen molar-refractivity contribution in [1.29, 1.82) is 0 Å². The Labute approximate surface area is 108 Å². The minimum Gasteiger partial charge on any atom is -0.464 e. The lowest BCUT2D eigenvalue weighted by Gasteiger charge is -2.15. The summed E-state index contributed by atoms with van der Waals surface area (Å²) in [6.45, 7) is 6.23. The first-order valence-electron chi connectivity index (χ1n) is 6.21. The van der Waals surface area contributed by atoms with E-state index in [1.54, 1.807) is 13.0 Å². The molecule has 0 bridgehead atoms. The normalized spacial score (nSPS) is 11.8. The zero-order valence-corrected chi connectivity index (χ0v) is 10.8. The third-order valence-electron chi connectivity index (χ3n) is 2.48. The van der Waals surface area contributed by atoms with Gasteiger partial charge in [-0.1, -0.05) is 36.4 Å². The standard InChI is InChI=1S/C15H20O3/c1-3-5-11-14(15(16)17-4-2)18-12-13-9-7-6-8-10-13/h3,6-10,14H,1,4-5,11-12H2,2H3. The fourth-order valence-corrected chi connectivity index (χ4v) is 1.54. The lowest BCUT2D eigenvalue weighted by atomic mass is 10.2. The molecule has 1 aromatic rings. The van der Waals surface area contributed by atoms with Crippen molar-refractivity contribution in [3.05, 3.63) is 48.6 Å². The van der Waals surface area contributed by atoms with Crippen molar-refractivity contribution in [1.82, 2.24) is 0 Å². The first kappa shape index (κ1) is 14.5. The number of carbonyl (C=O) groups is 1. The van der Waals surface area contributed by atoms with Crippen molar-refractivity contribution in [2.45, 2.75) is 32.5 Å². The smallest absolute Gasteiger partial charge is 0.335 e. The number of rotatable bonds is 8. The van der Waals surface area contributed by atoms with E-state index in [-0.39, 0.29) is 5.97 Å². The summed E-state index contributed by atoms with van der Waals surface area (Å²) in [5.41, 5.74) is 1.05. The molecule has 0 saturated heterocycles. The fraction of sp³-hybridized carbons (Fsp3) is 0.400. The Morgan fingerprint density at radius 1 is 1.39 bits per heavy atom. The van der Waals surface area contributed by atoms with Gasteiger partial charge in [0, 0.05) is 0 Å². The molecule has 0 N–H and O–H groups in total. The largest absolute Gasteiger partial charge is 0.464 e.